The molecule has 1 amide bonds. The maximum Gasteiger partial charge on any atom is 0.255 e. The van der Waals surface area contributed by atoms with Crippen LogP contribution in [0.1, 0.15) is 31.1 Å². The fraction of sp³-hybridized carbons (Fsp3) is 0.312. The summed E-state index contributed by atoms with van der Waals surface area (Å²) in [6.07, 6.45) is 0. The maximum absolute atomic E-state index is 12.3. The van der Waals surface area contributed by atoms with Gasteiger partial charge in [0.1, 0.15) is 5.75 Å². The molecule has 1 atom stereocenters. The molecule has 4 heteroatoms. The average Bonchev–Trinajstić information content (AvgIpc) is 2.38. The lowest BCUT2D eigenvalue weighted by Crippen LogP contribution is -2.48. The van der Waals surface area contributed by atoms with Crippen LogP contribution in [0.25, 0.3) is 10.8 Å². The lowest BCUT2D eigenvalue weighted by molar-refractivity contribution is 0.0911. The number of phenols is 1. The average molecular weight is 336 g/mol. The van der Waals surface area contributed by atoms with E-state index in [1.54, 1.807) is 12.1 Å². The van der Waals surface area contributed by atoms with Crippen LogP contribution >= 0.6 is 15.9 Å². The van der Waals surface area contributed by atoms with Crippen LogP contribution in [0, 0.1) is 0 Å². The summed E-state index contributed by atoms with van der Waals surface area (Å²) in [5.41, 5.74) is -0.111. The molecule has 0 saturated carbocycles. The van der Waals surface area contributed by atoms with Crippen LogP contribution in [-0.4, -0.2) is 21.4 Å². The Hall–Kier alpha value is -1.55. The summed E-state index contributed by atoms with van der Waals surface area (Å²) < 4.78 is 0. The van der Waals surface area contributed by atoms with Gasteiger partial charge in [0.2, 0.25) is 0 Å². The van der Waals surface area contributed by atoms with Gasteiger partial charge in [-0.3, -0.25) is 4.79 Å². The highest BCUT2D eigenvalue weighted by atomic mass is 79.9. The van der Waals surface area contributed by atoms with Crippen molar-refractivity contribution in [3.8, 4) is 5.75 Å². The monoisotopic (exact) mass is 335 g/mol. The first-order valence-electron chi connectivity index (χ1n) is 6.50. The van der Waals surface area contributed by atoms with Crippen molar-refractivity contribution in [3.63, 3.8) is 0 Å². The van der Waals surface area contributed by atoms with Crippen molar-refractivity contribution >= 4 is 32.6 Å². The molecule has 20 heavy (non-hydrogen) atoms. The number of hydrogen-bond acceptors (Lipinski definition) is 2. The first kappa shape index (κ1) is 14.9. The Bertz CT molecular complexity index is 650. The molecule has 0 radical (unpaired) electrons. The zero-order valence-corrected chi connectivity index (χ0v) is 13.4. The number of amides is 1. The van der Waals surface area contributed by atoms with Crippen molar-refractivity contribution in [2.24, 2.45) is 0 Å². The quantitative estimate of drug-likeness (QED) is 0.837. The summed E-state index contributed by atoms with van der Waals surface area (Å²) in [5, 5.41) is 14.8. The number of nitrogens with one attached hydrogen (secondary N) is 1. The zero-order chi connectivity index (χ0) is 14.9. The molecule has 0 heterocycles. The molecular weight excluding hydrogens is 318 g/mol. The number of carbonyl (C=O) groups is 1. The van der Waals surface area contributed by atoms with Gasteiger partial charge in [-0.25, -0.2) is 0 Å². The number of fused-ring (bicyclic) bond motifs is 1. The second-order valence-corrected chi connectivity index (χ2v) is 6.85. The number of phenolic OH excluding ortho intramolecular Hbond substituents is 1. The van der Waals surface area contributed by atoms with Gasteiger partial charge < -0.3 is 10.4 Å². The highest BCUT2D eigenvalue weighted by molar-refractivity contribution is 9.09. The van der Waals surface area contributed by atoms with Gasteiger partial charge in [0.15, 0.2) is 0 Å². The molecular formula is C16H18BrNO2. The molecule has 0 spiro atoms. The van der Waals surface area contributed by atoms with E-state index in [1.807, 2.05) is 45.0 Å². The second kappa shape index (κ2) is 5.44. The summed E-state index contributed by atoms with van der Waals surface area (Å²) in [6, 6.07) is 10.9. The molecule has 0 fully saturated rings. The summed E-state index contributed by atoms with van der Waals surface area (Å²) in [7, 11) is 0. The Morgan fingerprint density at radius 2 is 1.90 bits per heavy atom. The van der Waals surface area contributed by atoms with Crippen molar-refractivity contribution in [3.05, 3.63) is 42.0 Å². The predicted octanol–water partition coefficient (Wildman–Crippen LogP) is 3.84. The van der Waals surface area contributed by atoms with E-state index in [0.29, 0.717) is 10.9 Å². The van der Waals surface area contributed by atoms with E-state index in [0.717, 1.165) is 5.39 Å². The molecule has 2 N–H and O–H groups in total. The van der Waals surface area contributed by atoms with Gasteiger partial charge in [0, 0.05) is 15.8 Å². The minimum atomic E-state index is -0.408. The Balaban J connectivity index is 2.38. The van der Waals surface area contributed by atoms with Crippen LogP contribution < -0.4 is 5.32 Å². The van der Waals surface area contributed by atoms with E-state index in [1.165, 1.54) is 0 Å². The SMILES string of the molecule is CC(Br)C(C)(C)NC(=O)c1ccc2ccccc2c1O. The van der Waals surface area contributed by atoms with Gasteiger partial charge in [0.05, 0.1) is 5.56 Å². The number of alkyl halides is 1. The van der Waals surface area contributed by atoms with Crippen molar-refractivity contribution < 1.29 is 9.90 Å². The predicted molar refractivity (Wildman–Crippen MR) is 85.5 cm³/mol. The van der Waals surface area contributed by atoms with Gasteiger partial charge in [-0.05, 0) is 25.3 Å². The first-order valence-corrected chi connectivity index (χ1v) is 7.42. The second-order valence-electron chi connectivity index (χ2n) is 5.47. The molecule has 0 aliphatic carbocycles. The minimum absolute atomic E-state index is 0.0265. The van der Waals surface area contributed by atoms with Gasteiger partial charge in [-0.1, -0.05) is 53.2 Å². The highest BCUT2D eigenvalue weighted by Gasteiger charge is 2.27. The highest BCUT2D eigenvalue weighted by Crippen LogP contribution is 2.29. The number of carbonyl (C=O) groups excluding carboxylic acids is 1. The Morgan fingerprint density at radius 3 is 2.55 bits per heavy atom. The first-order chi connectivity index (χ1) is 9.33. The van der Waals surface area contributed by atoms with Crippen LogP contribution in [0.4, 0.5) is 0 Å². The van der Waals surface area contributed by atoms with Gasteiger partial charge in [-0.15, -0.1) is 0 Å². The summed E-state index contributed by atoms with van der Waals surface area (Å²) >= 11 is 3.48. The Morgan fingerprint density at radius 1 is 1.25 bits per heavy atom. The third kappa shape index (κ3) is 2.80. The van der Waals surface area contributed by atoms with E-state index in [-0.39, 0.29) is 16.5 Å². The normalized spacial score (nSPS) is 13.2. The lowest BCUT2D eigenvalue weighted by Gasteiger charge is -2.29. The lowest BCUT2D eigenvalue weighted by atomic mass is 10.00. The van der Waals surface area contributed by atoms with Crippen molar-refractivity contribution in [1.82, 2.24) is 5.32 Å². The molecule has 0 aliphatic rings. The molecule has 0 saturated heterocycles. The number of hydrogen-bond donors (Lipinski definition) is 2. The van der Waals surface area contributed by atoms with Crippen LogP contribution in [-0.2, 0) is 0 Å². The third-order valence-electron chi connectivity index (χ3n) is 3.58. The number of benzene rings is 2. The standard InChI is InChI=1S/C16H18BrNO2/c1-10(17)16(2,3)18-15(20)13-9-8-11-6-4-5-7-12(11)14(13)19/h4-10,19H,1-3H3,(H,18,20). The molecule has 1 unspecified atom stereocenters. The Labute approximate surface area is 127 Å². The van der Waals surface area contributed by atoms with Crippen molar-refractivity contribution in [1.29, 1.82) is 0 Å². The zero-order valence-electron chi connectivity index (χ0n) is 11.8. The van der Waals surface area contributed by atoms with E-state index < -0.39 is 5.54 Å². The summed E-state index contributed by atoms with van der Waals surface area (Å²) in [5.74, 6) is -0.247. The van der Waals surface area contributed by atoms with E-state index in [4.69, 9.17) is 0 Å². The van der Waals surface area contributed by atoms with Crippen molar-refractivity contribution in [2.75, 3.05) is 0 Å². The topological polar surface area (TPSA) is 49.3 Å². The number of aromatic hydroxyl groups is 1. The van der Waals surface area contributed by atoms with Crippen LogP contribution in [0.2, 0.25) is 0 Å². The van der Waals surface area contributed by atoms with Gasteiger partial charge in [-0.2, -0.15) is 0 Å². The third-order valence-corrected chi connectivity index (χ3v) is 4.72. The summed E-state index contributed by atoms with van der Waals surface area (Å²) in [6.45, 7) is 5.84. The van der Waals surface area contributed by atoms with E-state index in [2.05, 4.69) is 21.2 Å². The number of rotatable bonds is 3. The molecule has 3 nitrogen and oxygen atoms in total. The van der Waals surface area contributed by atoms with Crippen molar-refractivity contribution in [2.45, 2.75) is 31.1 Å². The smallest absolute Gasteiger partial charge is 0.255 e. The van der Waals surface area contributed by atoms with Crippen LogP contribution in [0.15, 0.2) is 36.4 Å². The van der Waals surface area contributed by atoms with E-state index in [9.17, 15) is 9.90 Å². The fourth-order valence-electron chi connectivity index (χ4n) is 1.90. The summed E-state index contributed by atoms with van der Waals surface area (Å²) in [4.78, 5) is 12.4. The molecule has 2 aromatic rings. The Kier molecular flexibility index (Phi) is 4.04. The molecule has 0 aliphatic heterocycles. The fourth-order valence-corrected chi connectivity index (χ4v) is 2.01. The van der Waals surface area contributed by atoms with Gasteiger partial charge >= 0.3 is 0 Å². The molecule has 106 valence electrons. The van der Waals surface area contributed by atoms with Crippen LogP contribution in [0.3, 0.4) is 0 Å². The molecule has 0 bridgehead atoms. The molecule has 2 rings (SSSR count). The minimum Gasteiger partial charge on any atom is -0.506 e. The van der Waals surface area contributed by atoms with Crippen LogP contribution in [0.5, 0.6) is 5.75 Å². The largest absolute Gasteiger partial charge is 0.506 e. The number of halogens is 1. The molecule has 2 aromatic carbocycles. The maximum atomic E-state index is 12.3. The molecule has 0 aromatic heterocycles. The van der Waals surface area contributed by atoms with E-state index >= 15 is 0 Å². The van der Waals surface area contributed by atoms with Gasteiger partial charge in [0.25, 0.3) is 5.91 Å².